The first kappa shape index (κ1) is 19.4. The Bertz CT molecular complexity index is 775. The Labute approximate surface area is 158 Å². The molecule has 1 saturated heterocycles. The molecule has 1 fully saturated rings. The van der Waals surface area contributed by atoms with Crippen LogP contribution in [-0.2, 0) is 15.1 Å². The first-order valence-electron chi connectivity index (χ1n) is 9.02. The molecule has 1 aliphatic rings. The molecule has 1 heterocycles. The first-order valence-corrected chi connectivity index (χ1v) is 9.02. The maximum absolute atomic E-state index is 13.2. The van der Waals surface area contributed by atoms with Gasteiger partial charge in [-0.25, -0.2) is 4.39 Å². The van der Waals surface area contributed by atoms with Crippen molar-refractivity contribution in [1.82, 2.24) is 0 Å². The molecule has 5 heteroatoms. The summed E-state index contributed by atoms with van der Waals surface area (Å²) in [5.74, 6) is 2.59. The highest BCUT2D eigenvalue weighted by molar-refractivity contribution is 5.45. The van der Waals surface area contributed by atoms with Crippen molar-refractivity contribution in [3.05, 3.63) is 65.5 Å². The van der Waals surface area contributed by atoms with Crippen LogP contribution in [-0.4, -0.2) is 24.3 Å². The summed E-state index contributed by atoms with van der Waals surface area (Å²) < 4.78 is 30.2. The lowest BCUT2D eigenvalue weighted by Gasteiger charge is -2.26. The van der Waals surface area contributed by atoms with Gasteiger partial charge in [0.2, 0.25) is 0 Å². The van der Waals surface area contributed by atoms with E-state index in [1.807, 2.05) is 6.92 Å². The fourth-order valence-corrected chi connectivity index (χ4v) is 3.05. The van der Waals surface area contributed by atoms with Crippen LogP contribution in [0.25, 0.3) is 0 Å². The summed E-state index contributed by atoms with van der Waals surface area (Å²) >= 11 is 0. The molecule has 3 unspecified atom stereocenters. The molecular weight excluding hydrogens is 347 g/mol. The minimum absolute atomic E-state index is 0.238. The predicted octanol–water partition coefficient (Wildman–Crippen LogP) is 3.96. The van der Waals surface area contributed by atoms with Gasteiger partial charge >= 0.3 is 0 Å². The fraction of sp³-hybridized carbons (Fsp3) is 0.364. The molecule has 0 saturated carbocycles. The fourth-order valence-electron chi connectivity index (χ4n) is 3.05. The Morgan fingerprint density at radius 2 is 1.78 bits per heavy atom. The van der Waals surface area contributed by atoms with E-state index in [-0.39, 0.29) is 6.29 Å². The van der Waals surface area contributed by atoms with Crippen molar-refractivity contribution in [2.75, 3.05) is 6.61 Å². The van der Waals surface area contributed by atoms with Gasteiger partial charge in [-0.2, -0.15) is 0 Å². The molecule has 0 aromatic heterocycles. The molecule has 2 aromatic carbocycles. The maximum atomic E-state index is 13.2. The molecule has 0 bridgehead atoms. The normalized spacial score (nSPS) is 20.3. The average Bonchev–Trinajstić information content (AvgIpc) is 2.69. The Kier molecular flexibility index (Phi) is 6.12. The summed E-state index contributed by atoms with van der Waals surface area (Å²) in [7, 11) is 0. The van der Waals surface area contributed by atoms with Gasteiger partial charge in [-0.3, -0.25) is 0 Å². The number of terminal acetylenes is 1. The second kappa shape index (κ2) is 8.53. The number of hydrogen-bond acceptors (Lipinski definition) is 4. The number of ether oxygens (including phenoxy) is 3. The van der Waals surface area contributed by atoms with Crippen LogP contribution >= 0.6 is 0 Å². The van der Waals surface area contributed by atoms with Crippen LogP contribution in [0, 0.1) is 18.2 Å². The van der Waals surface area contributed by atoms with Crippen molar-refractivity contribution in [3.8, 4) is 18.1 Å². The van der Waals surface area contributed by atoms with E-state index in [1.165, 1.54) is 24.3 Å². The van der Waals surface area contributed by atoms with Crippen LogP contribution in [0.1, 0.15) is 37.3 Å². The average molecular weight is 370 g/mol. The van der Waals surface area contributed by atoms with Crippen molar-refractivity contribution < 1.29 is 23.7 Å². The highest BCUT2D eigenvalue weighted by atomic mass is 19.1. The standard InChI is InChI=1S/C22H23FO4/c1-3-22(24,17-7-11-19(23)12-8-17)18-9-13-20(14-10-18)26-16(2)27-21-6-4-5-15-25-21/h1,7-14,16,21,24H,4-6,15H2,2H3. The lowest BCUT2D eigenvalue weighted by Crippen LogP contribution is -2.29. The zero-order valence-corrected chi connectivity index (χ0v) is 15.2. The molecule has 3 rings (SSSR count). The molecule has 4 nitrogen and oxygen atoms in total. The van der Waals surface area contributed by atoms with E-state index in [4.69, 9.17) is 20.6 Å². The molecule has 27 heavy (non-hydrogen) atoms. The highest BCUT2D eigenvalue weighted by Gasteiger charge is 2.29. The van der Waals surface area contributed by atoms with Crippen molar-refractivity contribution >= 4 is 0 Å². The molecule has 2 aromatic rings. The summed E-state index contributed by atoms with van der Waals surface area (Å²) in [6.07, 6.45) is 7.87. The van der Waals surface area contributed by atoms with Crippen molar-refractivity contribution in [1.29, 1.82) is 0 Å². The predicted molar refractivity (Wildman–Crippen MR) is 99.4 cm³/mol. The molecule has 0 amide bonds. The second-order valence-electron chi connectivity index (χ2n) is 6.50. The minimum atomic E-state index is -1.65. The van der Waals surface area contributed by atoms with Crippen LogP contribution in [0.5, 0.6) is 5.75 Å². The van der Waals surface area contributed by atoms with Gasteiger partial charge in [-0.15, -0.1) is 6.42 Å². The lowest BCUT2D eigenvalue weighted by molar-refractivity contribution is -0.225. The van der Waals surface area contributed by atoms with Gasteiger partial charge in [0.25, 0.3) is 0 Å². The zero-order chi connectivity index (χ0) is 19.3. The Morgan fingerprint density at radius 3 is 2.33 bits per heavy atom. The quantitative estimate of drug-likeness (QED) is 0.618. The van der Waals surface area contributed by atoms with Crippen LogP contribution in [0.15, 0.2) is 48.5 Å². The lowest BCUT2D eigenvalue weighted by atomic mass is 9.87. The summed E-state index contributed by atoms with van der Waals surface area (Å²) in [6.45, 7) is 2.52. The van der Waals surface area contributed by atoms with Gasteiger partial charge in [-0.05, 0) is 50.5 Å². The second-order valence-corrected chi connectivity index (χ2v) is 6.50. The molecular formula is C22H23FO4. The van der Waals surface area contributed by atoms with Gasteiger partial charge in [0.05, 0.1) is 0 Å². The molecule has 0 radical (unpaired) electrons. The van der Waals surface area contributed by atoms with E-state index >= 15 is 0 Å². The molecule has 0 aliphatic carbocycles. The van der Waals surface area contributed by atoms with Crippen LogP contribution in [0.4, 0.5) is 4.39 Å². The van der Waals surface area contributed by atoms with E-state index in [0.717, 1.165) is 19.3 Å². The van der Waals surface area contributed by atoms with Crippen molar-refractivity contribution in [2.45, 2.75) is 44.4 Å². The van der Waals surface area contributed by atoms with Gasteiger partial charge in [0.1, 0.15) is 11.6 Å². The SMILES string of the molecule is C#CC(O)(c1ccc(F)cc1)c1ccc(OC(C)OC2CCCCO2)cc1. The van der Waals surface area contributed by atoms with Crippen molar-refractivity contribution in [2.24, 2.45) is 0 Å². The monoisotopic (exact) mass is 370 g/mol. The number of rotatable bonds is 6. The Hall–Kier alpha value is -2.39. The molecule has 1 N–H and O–H groups in total. The molecule has 142 valence electrons. The van der Waals surface area contributed by atoms with E-state index in [0.29, 0.717) is 23.5 Å². The third-order valence-electron chi connectivity index (χ3n) is 4.53. The van der Waals surface area contributed by atoms with E-state index < -0.39 is 17.7 Å². The first-order chi connectivity index (χ1) is 13.0. The van der Waals surface area contributed by atoms with Crippen LogP contribution < -0.4 is 4.74 Å². The zero-order valence-electron chi connectivity index (χ0n) is 15.2. The topological polar surface area (TPSA) is 47.9 Å². The third kappa shape index (κ3) is 4.67. The molecule has 1 aliphatic heterocycles. The van der Waals surface area contributed by atoms with Crippen LogP contribution in [0.3, 0.4) is 0 Å². The smallest absolute Gasteiger partial charge is 0.199 e. The van der Waals surface area contributed by atoms with Gasteiger partial charge in [-0.1, -0.05) is 30.2 Å². The van der Waals surface area contributed by atoms with E-state index in [2.05, 4.69) is 5.92 Å². The number of hydrogen-bond donors (Lipinski definition) is 1. The van der Waals surface area contributed by atoms with E-state index in [1.54, 1.807) is 24.3 Å². The minimum Gasteiger partial charge on any atom is -0.465 e. The number of halogens is 1. The van der Waals surface area contributed by atoms with Crippen molar-refractivity contribution in [3.63, 3.8) is 0 Å². The van der Waals surface area contributed by atoms with E-state index in [9.17, 15) is 9.50 Å². The Morgan fingerprint density at radius 1 is 1.15 bits per heavy atom. The van der Waals surface area contributed by atoms with Gasteiger partial charge in [0, 0.05) is 17.7 Å². The molecule has 3 atom stereocenters. The van der Waals surface area contributed by atoms with Gasteiger partial charge in [0.15, 0.2) is 18.2 Å². The van der Waals surface area contributed by atoms with Crippen LogP contribution in [0.2, 0.25) is 0 Å². The summed E-state index contributed by atoms with van der Waals surface area (Å²) in [5, 5.41) is 10.9. The highest BCUT2D eigenvalue weighted by Crippen LogP contribution is 2.30. The number of benzene rings is 2. The Balaban J connectivity index is 1.68. The number of aliphatic hydroxyl groups is 1. The maximum Gasteiger partial charge on any atom is 0.199 e. The summed E-state index contributed by atoms with van der Waals surface area (Å²) in [4.78, 5) is 0. The third-order valence-corrected chi connectivity index (χ3v) is 4.53. The largest absolute Gasteiger partial charge is 0.465 e. The van der Waals surface area contributed by atoms with Gasteiger partial charge < -0.3 is 19.3 Å². The summed E-state index contributed by atoms with van der Waals surface area (Å²) in [5.41, 5.74) is -0.732. The summed E-state index contributed by atoms with van der Waals surface area (Å²) in [6, 6.07) is 12.3. The molecule has 0 spiro atoms.